The quantitative estimate of drug-likeness (QED) is 0.102. The number of para-hydroxylation sites is 2. The van der Waals surface area contributed by atoms with Gasteiger partial charge < -0.3 is 24.8 Å². The van der Waals surface area contributed by atoms with E-state index in [1.807, 2.05) is 109 Å². The Morgan fingerprint density at radius 3 is 1.61 bits per heavy atom. The molecule has 0 radical (unpaired) electrons. The number of rotatable bonds is 15. The maximum Gasteiger partial charge on any atom is 0.121 e. The summed E-state index contributed by atoms with van der Waals surface area (Å²) in [6, 6.07) is 35.1. The van der Waals surface area contributed by atoms with E-state index >= 15 is 0 Å². The van der Waals surface area contributed by atoms with Crippen LogP contribution in [0.1, 0.15) is 6.42 Å². The van der Waals surface area contributed by atoms with E-state index < -0.39 is 0 Å². The fraction of sp³-hybridized carbons (Fsp3) is 0.161. The van der Waals surface area contributed by atoms with Crippen molar-refractivity contribution in [3.63, 3.8) is 0 Å². The lowest BCUT2D eigenvalue weighted by Crippen LogP contribution is -2.09. The third-order valence-electron chi connectivity index (χ3n) is 5.27. The standard InChI is InChI=1S/C31H32N4O3/c1-3-10-26(11-4-1)32-24-34-28-14-7-16-30(22-28)37-19-9-18-36-20-21-38-31-17-8-15-29(23-31)35-25-33-27-12-5-2-6-13-27/h1-8,10-17,22-25H,9,18-21H2,(H,32,34)(H,33,35). The van der Waals surface area contributed by atoms with E-state index in [2.05, 4.69) is 20.6 Å². The maximum absolute atomic E-state index is 5.85. The number of hydrogen-bond acceptors (Lipinski definition) is 5. The highest BCUT2D eigenvalue weighted by Crippen LogP contribution is 2.18. The van der Waals surface area contributed by atoms with Crippen molar-refractivity contribution in [3.8, 4) is 11.5 Å². The Bertz CT molecular complexity index is 1180. The molecule has 0 fully saturated rings. The van der Waals surface area contributed by atoms with Crippen LogP contribution in [0.2, 0.25) is 0 Å². The predicted molar refractivity (Wildman–Crippen MR) is 156 cm³/mol. The number of nitrogens with zero attached hydrogens (tertiary/aromatic N) is 2. The second-order valence-corrected chi connectivity index (χ2v) is 8.19. The monoisotopic (exact) mass is 508 g/mol. The van der Waals surface area contributed by atoms with Gasteiger partial charge in [-0.2, -0.15) is 0 Å². The second-order valence-electron chi connectivity index (χ2n) is 8.19. The van der Waals surface area contributed by atoms with Crippen LogP contribution < -0.4 is 20.1 Å². The summed E-state index contributed by atoms with van der Waals surface area (Å²) in [5, 5.41) is 6.34. The molecule has 0 saturated carbocycles. The summed E-state index contributed by atoms with van der Waals surface area (Å²) >= 11 is 0. The van der Waals surface area contributed by atoms with E-state index in [0.717, 1.165) is 40.7 Å². The first-order valence-corrected chi connectivity index (χ1v) is 12.6. The van der Waals surface area contributed by atoms with Crippen LogP contribution >= 0.6 is 0 Å². The van der Waals surface area contributed by atoms with Crippen LogP contribution in [0.4, 0.5) is 22.7 Å². The van der Waals surface area contributed by atoms with Crippen LogP contribution in [0.25, 0.3) is 0 Å². The highest BCUT2D eigenvalue weighted by Gasteiger charge is 1.99. The summed E-state index contributed by atoms with van der Waals surface area (Å²) in [4.78, 5) is 8.75. The Balaban J connectivity index is 1.07. The molecule has 0 amide bonds. The fourth-order valence-electron chi connectivity index (χ4n) is 3.41. The molecule has 4 aromatic carbocycles. The van der Waals surface area contributed by atoms with Crippen molar-refractivity contribution in [1.82, 2.24) is 0 Å². The molecule has 0 aliphatic carbocycles. The average Bonchev–Trinajstić information content (AvgIpc) is 2.96. The molecule has 194 valence electrons. The first kappa shape index (κ1) is 26.4. The molecule has 0 atom stereocenters. The molecule has 7 heteroatoms. The van der Waals surface area contributed by atoms with Crippen molar-refractivity contribution in [2.45, 2.75) is 6.42 Å². The van der Waals surface area contributed by atoms with Crippen LogP contribution in [0.15, 0.2) is 119 Å². The number of aliphatic imine (C=N–C) groups is 2. The van der Waals surface area contributed by atoms with E-state index in [9.17, 15) is 0 Å². The summed E-state index contributed by atoms with van der Waals surface area (Å²) in [6.45, 7) is 2.15. The zero-order chi connectivity index (χ0) is 26.1. The van der Waals surface area contributed by atoms with Crippen LogP contribution in [-0.2, 0) is 4.74 Å². The van der Waals surface area contributed by atoms with Crippen LogP contribution in [0.5, 0.6) is 11.5 Å². The number of ether oxygens (including phenoxy) is 3. The van der Waals surface area contributed by atoms with E-state index in [1.54, 1.807) is 12.7 Å². The van der Waals surface area contributed by atoms with Gasteiger partial charge in [0, 0.05) is 36.5 Å². The molecule has 38 heavy (non-hydrogen) atoms. The fourth-order valence-corrected chi connectivity index (χ4v) is 3.41. The molecule has 4 aromatic rings. The summed E-state index contributed by atoms with van der Waals surface area (Å²) in [5.74, 6) is 1.58. The average molecular weight is 509 g/mol. The topological polar surface area (TPSA) is 76.5 Å². The van der Waals surface area contributed by atoms with Gasteiger partial charge in [-0.15, -0.1) is 0 Å². The summed E-state index contributed by atoms with van der Waals surface area (Å²) < 4.78 is 17.3. The van der Waals surface area contributed by atoms with Gasteiger partial charge in [0.2, 0.25) is 0 Å². The minimum Gasteiger partial charge on any atom is -0.493 e. The lowest BCUT2D eigenvalue weighted by atomic mass is 10.3. The minimum absolute atomic E-state index is 0.473. The Morgan fingerprint density at radius 2 is 1.05 bits per heavy atom. The van der Waals surface area contributed by atoms with Crippen LogP contribution in [0, 0.1) is 0 Å². The van der Waals surface area contributed by atoms with Gasteiger partial charge in [0.05, 0.1) is 37.3 Å². The first-order valence-electron chi connectivity index (χ1n) is 12.6. The van der Waals surface area contributed by atoms with Gasteiger partial charge in [0.15, 0.2) is 0 Å². The van der Waals surface area contributed by atoms with E-state index in [4.69, 9.17) is 14.2 Å². The van der Waals surface area contributed by atoms with Crippen molar-refractivity contribution < 1.29 is 14.2 Å². The Hall–Kier alpha value is -4.62. The normalized spacial score (nSPS) is 11.1. The van der Waals surface area contributed by atoms with E-state index in [0.29, 0.717) is 26.4 Å². The third kappa shape index (κ3) is 9.79. The van der Waals surface area contributed by atoms with Gasteiger partial charge in [0.25, 0.3) is 0 Å². The predicted octanol–water partition coefficient (Wildman–Crippen LogP) is 7.09. The highest BCUT2D eigenvalue weighted by molar-refractivity contribution is 5.79. The zero-order valence-corrected chi connectivity index (χ0v) is 21.2. The van der Waals surface area contributed by atoms with Gasteiger partial charge in [-0.1, -0.05) is 48.5 Å². The molecular formula is C31H32N4O3. The molecule has 0 bridgehead atoms. The van der Waals surface area contributed by atoms with Crippen molar-refractivity contribution in [3.05, 3.63) is 109 Å². The van der Waals surface area contributed by atoms with Crippen molar-refractivity contribution in [1.29, 1.82) is 0 Å². The van der Waals surface area contributed by atoms with Gasteiger partial charge in [-0.25, -0.2) is 9.98 Å². The molecule has 4 rings (SSSR count). The van der Waals surface area contributed by atoms with E-state index in [1.165, 1.54) is 0 Å². The Labute approximate surface area is 223 Å². The second kappa shape index (κ2) is 15.5. The Morgan fingerprint density at radius 1 is 0.526 bits per heavy atom. The molecule has 0 heterocycles. The summed E-state index contributed by atoms with van der Waals surface area (Å²) in [5.41, 5.74) is 3.61. The SMILES string of the molecule is C(=Nc1ccccc1)Nc1cccc(OCCCOCCOc2cccc(NC=Nc3ccccc3)c2)c1. The lowest BCUT2D eigenvalue weighted by molar-refractivity contribution is 0.0905. The van der Waals surface area contributed by atoms with Crippen LogP contribution in [-0.4, -0.2) is 39.1 Å². The molecule has 0 aromatic heterocycles. The van der Waals surface area contributed by atoms with Gasteiger partial charge in [-0.05, 0) is 48.5 Å². The largest absolute Gasteiger partial charge is 0.493 e. The summed E-state index contributed by atoms with van der Waals surface area (Å²) in [6.07, 6.45) is 4.14. The minimum atomic E-state index is 0.473. The van der Waals surface area contributed by atoms with Crippen molar-refractivity contribution in [2.75, 3.05) is 37.1 Å². The first-order chi connectivity index (χ1) is 18.8. The molecule has 0 aliphatic heterocycles. The molecule has 0 aliphatic rings. The smallest absolute Gasteiger partial charge is 0.121 e. The zero-order valence-electron chi connectivity index (χ0n) is 21.2. The van der Waals surface area contributed by atoms with Crippen molar-refractivity contribution >= 4 is 35.4 Å². The molecular weight excluding hydrogens is 476 g/mol. The lowest BCUT2D eigenvalue weighted by Gasteiger charge is -2.10. The number of nitrogens with one attached hydrogen (secondary N) is 2. The van der Waals surface area contributed by atoms with Crippen LogP contribution in [0.3, 0.4) is 0 Å². The number of hydrogen-bond donors (Lipinski definition) is 2. The number of benzene rings is 4. The Kier molecular flexibility index (Phi) is 10.8. The molecule has 0 spiro atoms. The van der Waals surface area contributed by atoms with Gasteiger partial charge in [-0.3, -0.25) is 0 Å². The molecule has 7 nitrogen and oxygen atoms in total. The highest BCUT2D eigenvalue weighted by atomic mass is 16.5. The van der Waals surface area contributed by atoms with Crippen molar-refractivity contribution in [2.24, 2.45) is 9.98 Å². The van der Waals surface area contributed by atoms with Gasteiger partial charge >= 0.3 is 0 Å². The molecule has 0 unspecified atom stereocenters. The molecule has 0 saturated heterocycles. The summed E-state index contributed by atoms with van der Waals surface area (Å²) in [7, 11) is 0. The molecule has 2 N–H and O–H groups in total. The number of anilines is 2. The third-order valence-corrected chi connectivity index (χ3v) is 5.27. The van der Waals surface area contributed by atoms with E-state index in [-0.39, 0.29) is 0 Å². The maximum atomic E-state index is 5.85. The van der Waals surface area contributed by atoms with Gasteiger partial charge in [0.1, 0.15) is 18.1 Å².